The Morgan fingerprint density at radius 2 is 2.00 bits per heavy atom. The van der Waals surface area contributed by atoms with Crippen molar-refractivity contribution in [2.75, 3.05) is 17.7 Å². The van der Waals surface area contributed by atoms with E-state index < -0.39 is 9.84 Å². The molecule has 0 aliphatic rings. The van der Waals surface area contributed by atoms with Gasteiger partial charge in [0.15, 0.2) is 0 Å². The van der Waals surface area contributed by atoms with Crippen LogP contribution in [0.4, 0.5) is 5.82 Å². The Bertz CT molecular complexity index is 734. The van der Waals surface area contributed by atoms with Crippen LogP contribution in [-0.4, -0.2) is 35.0 Å². The Morgan fingerprint density at radius 3 is 2.58 bits per heavy atom. The fourth-order valence-corrected chi connectivity index (χ4v) is 3.53. The average molecular weight is 282 g/mol. The molecule has 7 heteroatoms. The first-order chi connectivity index (χ1) is 8.72. The van der Waals surface area contributed by atoms with Crippen LogP contribution in [0, 0.1) is 13.8 Å². The van der Waals surface area contributed by atoms with E-state index in [0.717, 1.165) is 16.6 Å². The molecule has 2 aromatic heterocycles. The predicted molar refractivity (Wildman–Crippen MR) is 75.8 cm³/mol. The van der Waals surface area contributed by atoms with Gasteiger partial charge in [-0.1, -0.05) is 0 Å². The van der Waals surface area contributed by atoms with Crippen LogP contribution in [0.2, 0.25) is 0 Å². The van der Waals surface area contributed by atoms with E-state index in [4.69, 9.17) is 5.73 Å². The maximum atomic E-state index is 11.5. The zero-order valence-corrected chi connectivity index (χ0v) is 12.3. The number of sulfone groups is 1. The second-order valence-electron chi connectivity index (χ2n) is 4.98. The van der Waals surface area contributed by atoms with Crippen LogP contribution in [0.15, 0.2) is 6.33 Å². The van der Waals surface area contributed by atoms with Gasteiger partial charge >= 0.3 is 0 Å². The van der Waals surface area contributed by atoms with Gasteiger partial charge in [-0.15, -0.1) is 0 Å². The van der Waals surface area contributed by atoms with E-state index in [1.807, 2.05) is 25.3 Å². The van der Waals surface area contributed by atoms with E-state index in [9.17, 15) is 8.42 Å². The number of hydrogen-bond acceptors (Lipinski definition) is 5. The molecule has 1 unspecified atom stereocenters. The summed E-state index contributed by atoms with van der Waals surface area (Å²) in [7, 11) is -3.05. The highest BCUT2D eigenvalue weighted by Crippen LogP contribution is 2.30. The van der Waals surface area contributed by atoms with Gasteiger partial charge in [-0.25, -0.2) is 18.4 Å². The van der Waals surface area contributed by atoms with Crippen molar-refractivity contribution in [3.63, 3.8) is 0 Å². The maximum absolute atomic E-state index is 11.5. The summed E-state index contributed by atoms with van der Waals surface area (Å²) in [6, 6.07) is -0.194. The van der Waals surface area contributed by atoms with Gasteiger partial charge in [0.1, 0.15) is 27.6 Å². The molecule has 0 radical (unpaired) electrons. The normalized spacial score (nSPS) is 13.9. The molecule has 0 aromatic carbocycles. The van der Waals surface area contributed by atoms with Crippen LogP contribution in [-0.2, 0) is 9.84 Å². The Labute approximate surface area is 112 Å². The lowest BCUT2D eigenvalue weighted by Crippen LogP contribution is -2.17. The Balaban J connectivity index is 2.67. The summed E-state index contributed by atoms with van der Waals surface area (Å²) in [4.78, 5) is 8.24. The van der Waals surface area contributed by atoms with Gasteiger partial charge in [-0.05, 0) is 26.3 Å². The van der Waals surface area contributed by atoms with Gasteiger partial charge in [0.2, 0.25) is 0 Å². The standard InChI is InChI=1S/C12H18N4O2S/c1-7(5-19(4,17)18)16-9(3)8(2)10-11(13)14-6-15-12(10)16/h6-7H,5H2,1-4H3,(H2,13,14,15). The highest BCUT2D eigenvalue weighted by atomic mass is 32.2. The second-order valence-corrected chi connectivity index (χ2v) is 7.16. The van der Waals surface area contributed by atoms with E-state index in [0.29, 0.717) is 11.5 Å². The number of aryl methyl sites for hydroxylation is 1. The lowest BCUT2D eigenvalue weighted by molar-refractivity contribution is 0.562. The van der Waals surface area contributed by atoms with E-state index in [2.05, 4.69) is 9.97 Å². The summed E-state index contributed by atoms with van der Waals surface area (Å²) >= 11 is 0. The Hall–Kier alpha value is -1.63. The van der Waals surface area contributed by atoms with Gasteiger partial charge in [-0.3, -0.25) is 0 Å². The quantitative estimate of drug-likeness (QED) is 0.914. The fraction of sp³-hybridized carbons (Fsp3) is 0.500. The van der Waals surface area contributed by atoms with Crippen molar-refractivity contribution in [1.82, 2.24) is 14.5 Å². The number of nitrogen functional groups attached to an aromatic ring is 1. The van der Waals surface area contributed by atoms with Crippen molar-refractivity contribution in [3.05, 3.63) is 17.6 Å². The zero-order valence-electron chi connectivity index (χ0n) is 11.5. The van der Waals surface area contributed by atoms with Gasteiger partial charge in [0.25, 0.3) is 0 Å². The molecule has 19 heavy (non-hydrogen) atoms. The fourth-order valence-electron chi connectivity index (χ4n) is 2.50. The first-order valence-electron chi connectivity index (χ1n) is 5.97. The molecule has 0 spiro atoms. The number of rotatable bonds is 3. The largest absolute Gasteiger partial charge is 0.383 e. The summed E-state index contributed by atoms with van der Waals surface area (Å²) in [5, 5.41) is 0.806. The van der Waals surface area contributed by atoms with Gasteiger partial charge in [0.05, 0.1) is 11.1 Å². The minimum absolute atomic E-state index is 0.0704. The second kappa shape index (κ2) is 4.48. The summed E-state index contributed by atoms with van der Waals surface area (Å²) in [5.74, 6) is 0.497. The van der Waals surface area contributed by atoms with Gasteiger partial charge in [0, 0.05) is 18.0 Å². The minimum Gasteiger partial charge on any atom is -0.383 e. The molecule has 0 bridgehead atoms. The van der Waals surface area contributed by atoms with Crippen LogP contribution in [0.25, 0.3) is 11.0 Å². The molecule has 0 saturated heterocycles. The van der Waals surface area contributed by atoms with Crippen LogP contribution in [0.3, 0.4) is 0 Å². The monoisotopic (exact) mass is 282 g/mol. The minimum atomic E-state index is -3.05. The predicted octanol–water partition coefficient (Wildman–Crippen LogP) is 1.24. The van der Waals surface area contributed by atoms with Crippen molar-refractivity contribution in [1.29, 1.82) is 0 Å². The third kappa shape index (κ3) is 2.42. The Morgan fingerprint density at radius 1 is 1.37 bits per heavy atom. The third-order valence-corrected chi connectivity index (χ3v) is 4.44. The summed E-state index contributed by atoms with van der Waals surface area (Å²) in [6.45, 7) is 5.75. The summed E-state index contributed by atoms with van der Waals surface area (Å²) < 4.78 is 24.9. The highest BCUT2D eigenvalue weighted by Gasteiger charge is 2.21. The number of fused-ring (bicyclic) bond motifs is 1. The number of anilines is 1. The average Bonchev–Trinajstić information content (AvgIpc) is 2.50. The number of hydrogen-bond donors (Lipinski definition) is 1. The van der Waals surface area contributed by atoms with Crippen molar-refractivity contribution in [2.45, 2.75) is 26.8 Å². The number of aromatic nitrogens is 3. The van der Waals surface area contributed by atoms with Crippen molar-refractivity contribution in [2.24, 2.45) is 0 Å². The molecule has 0 fully saturated rings. The van der Waals surface area contributed by atoms with Crippen LogP contribution >= 0.6 is 0 Å². The van der Waals surface area contributed by atoms with Gasteiger partial charge in [-0.2, -0.15) is 0 Å². The first-order valence-corrected chi connectivity index (χ1v) is 8.03. The lowest BCUT2D eigenvalue weighted by Gasteiger charge is -2.16. The molecule has 104 valence electrons. The summed E-state index contributed by atoms with van der Waals surface area (Å²) in [6.07, 6.45) is 2.64. The topological polar surface area (TPSA) is 90.9 Å². The van der Waals surface area contributed by atoms with E-state index >= 15 is 0 Å². The molecule has 2 aromatic rings. The molecule has 0 amide bonds. The van der Waals surface area contributed by atoms with E-state index in [-0.39, 0.29) is 11.8 Å². The molecule has 2 N–H and O–H groups in total. The third-order valence-electron chi connectivity index (χ3n) is 3.35. The molecule has 0 aliphatic carbocycles. The van der Waals surface area contributed by atoms with Crippen LogP contribution in [0.1, 0.15) is 24.2 Å². The van der Waals surface area contributed by atoms with Crippen LogP contribution in [0.5, 0.6) is 0 Å². The highest BCUT2D eigenvalue weighted by molar-refractivity contribution is 7.90. The smallest absolute Gasteiger partial charge is 0.149 e. The molecular formula is C12H18N4O2S. The molecule has 1 atom stereocenters. The molecule has 0 aliphatic heterocycles. The number of nitrogens with zero attached hydrogens (tertiary/aromatic N) is 3. The van der Waals surface area contributed by atoms with Crippen molar-refractivity contribution < 1.29 is 8.42 Å². The van der Waals surface area contributed by atoms with E-state index in [1.165, 1.54) is 12.6 Å². The molecule has 2 rings (SSSR count). The number of nitrogens with two attached hydrogens (primary N) is 1. The van der Waals surface area contributed by atoms with Crippen molar-refractivity contribution >= 4 is 26.7 Å². The van der Waals surface area contributed by atoms with Crippen LogP contribution < -0.4 is 5.73 Å². The van der Waals surface area contributed by atoms with Gasteiger partial charge < -0.3 is 10.3 Å². The molecule has 6 nitrogen and oxygen atoms in total. The maximum Gasteiger partial charge on any atom is 0.149 e. The molecule has 2 heterocycles. The SMILES string of the molecule is Cc1c(C)n(C(C)CS(C)(=O)=O)c2ncnc(N)c12. The summed E-state index contributed by atoms with van der Waals surface area (Å²) in [5.41, 5.74) is 8.54. The molecule has 0 saturated carbocycles. The molecular weight excluding hydrogens is 264 g/mol. The Kier molecular flexibility index (Phi) is 3.25. The zero-order chi connectivity index (χ0) is 14.4. The van der Waals surface area contributed by atoms with Crippen molar-refractivity contribution in [3.8, 4) is 0 Å². The lowest BCUT2D eigenvalue weighted by atomic mass is 10.2. The van der Waals surface area contributed by atoms with E-state index in [1.54, 1.807) is 0 Å². The first kappa shape index (κ1) is 13.8.